The maximum absolute atomic E-state index is 12.3. The van der Waals surface area contributed by atoms with E-state index in [0.29, 0.717) is 16.8 Å². The summed E-state index contributed by atoms with van der Waals surface area (Å²) in [7, 11) is 0. The monoisotopic (exact) mass is 970 g/mol. The molecule has 4 nitrogen and oxygen atoms in total. The summed E-state index contributed by atoms with van der Waals surface area (Å²) in [5.41, 5.74) is 22.3. The van der Waals surface area contributed by atoms with Gasteiger partial charge in [0, 0.05) is 32.7 Å². The molecular formula is C72H50N4. The van der Waals surface area contributed by atoms with E-state index in [1.807, 2.05) is 12.1 Å². The van der Waals surface area contributed by atoms with Gasteiger partial charge < -0.3 is 9.13 Å². The van der Waals surface area contributed by atoms with Gasteiger partial charge >= 0.3 is 0 Å². The molecule has 4 heteroatoms. The number of nitrogens with zero attached hydrogens (tertiary/aromatic N) is 4. The van der Waals surface area contributed by atoms with E-state index >= 15 is 0 Å². The van der Waals surface area contributed by atoms with Crippen LogP contribution in [0.1, 0.15) is 33.4 Å². The minimum absolute atomic E-state index is 0.416. The van der Waals surface area contributed by atoms with Crippen molar-refractivity contribution < 1.29 is 0 Å². The number of aromatic nitrogens is 2. The number of hydrogen-bond acceptors (Lipinski definition) is 2. The zero-order valence-electron chi connectivity index (χ0n) is 42.7. The van der Waals surface area contributed by atoms with Gasteiger partial charge in [-0.3, -0.25) is 0 Å². The third kappa shape index (κ3) is 7.67. The molecule has 2 heterocycles. The third-order valence-electron chi connectivity index (χ3n) is 15.1. The van der Waals surface area contributed by atoms with Gasteiger partial charge in [0.2, 0.25) is 0 Å². The van der Waals surface area contributed by atoms with E-state index in [0.717, 1.165) is 138 Å². The minimum Gasteiger partial charge on any atom is -0.308 e. The van der Waals surface area contributed by atoms with E-state index in [-0.39, 0.29) is 0 Å². The van der Waals surface area contributed by atoms with Gasteiger partial charge in [0.1, 0.15) is 12.1 Å². The van der Waals surface area contributed by atoms with Crippen LogP contribution in [0.15, 0.2) is 231 Å². The normalized spacial score (nSPS) is 11.4. The Morgan fingerprint density at radius 1 is 0.263 bits per heavy atom. The molecular weight excluding hydrogens is 921 g/mol. The van der Waals surface area contributed by atoms with E-state index < -0.39 is 0 Å². The first-order valence-corrected chi connectivity index (χ1v) is 25.8. The Balaban J connectivity index is 1.24. The molecule has 0 aliphatic heterocycles. The van der Waals surface area contributed by atoms with Crippen molar-refractivity contribution in [3.05, 3.63) is 264 Å². The Kier molecular flexibility index (Phi) is 11.2. The molecule has 0 aliphatic carbocycles. The molecule has 0 N–H and O–H groups in total. The lowest BCUT2D eigenvalue weighted by atomic mass is 9.85. The molecule has 0 unspecified atom stereocenters. The lowest BCUT2D eigenvalue weighted by molar-refractivity contribution is 1.13. The first-order valence-electron chi connectivity index (χ1n) is 25.8. The van der Waals surface area contributed by atoms with Crippen molar-refractivity contribution in [2.24, 2.45) is 0 Å². The van der Waals surface area contributed by atoms with Crippen LogP contribution in [0.4, 0.5) is 0 Å². The zero-order valence-corrected chi connectivity index (χ0v) is 42.7. The van der Waals surface area contributed by atoms with Crippen molar-refractivity contribution in [1.29, 1.82) is 10.5 Å². The molecule has 358 valence electrons. The van der Waals surface area contributed by atoms with Gasteiger partial charge in [0.15, 0.2) is 0 Å². The quantitative estimate of drug-likeness (QED) is 0.152. The Hall–Kier alpha value is -10.0. The highest BCUT2D eigenvalue weighted by Gasteiger charge is 2.32. The lowest BCUT2D eigenvalue weighted by Gasteiger charge is -2.26. The summed E-state index contributed by atoms with van der Waals surface area (Å²) in [5, 5.41) is 28.8. The van der Waals surface area contributed by atoms with Crippen molar-refractivity contribution in [2.45, 2.75) is 27.7 Å². The fourth-order valence-electron chi connectivity index (χ4n) is 12.0. The van der Waals surface area contributed by atoms with E-state index in [1.54, 1.807) is 0 Å². The minimum atomic E-state index is 0.416. The second-order valence-electron chi connectivity index (χ2n) is 20.2. The average molecular weight is 971 g/mol. The SMILES string of the molecule is Cc1cc(C)cc(-c2c(C#N)c(-n3c4ccc(-c5ccccc5)cc4c4cc(-c5ccccc5)ccc43)c(C#N)c(-c3cc(C)cc(C)c3)c2-n2c3ccc(-c4ccccc4)cc3c3cc(-c4ccccc4)ccc32)c1. The smallest absolute Gasteiger partial charge is 0.102 e. The summed E-state index contributed by atoms with van der Waals surface area (Å²) >= 11 is 0. The number of nitriles is 2. The van der Waals surface area contributed by atoms with Gasteiger partial charge in [-0.25, -0.2) is 0 Å². The first kappa shape index (κ1) is 45.8. The van der Waals surface area contributed by atoms with E-state index in [4.69, 9.17) is 0 Å². The molecule has 2 aromatic heterocycles. The number of aryl methyl sites for hydroxylation is 4. The number of rotatable bonds is 8. The molecule has 13 aromatic rings. The molecule has 0 bridgehead atoms. The Bertz CT molecular complexity index is 4220. The van der Waals surface area contributed by atoms with Gasteiger partial charge in [0.25, 0.3) is 0 Å². The van der Waals surface area contributed by atoms with E-state index in [9.17, 15) is 10.5 Å². The molecule has 0 aliphatic rings. The maximum Gasteiger partial charge on any atom is 0.102 e. The Labute approximate surface area is 442 Å². The van der Waals surface area contributed by atoms with Crippen LogP contribution in [-0.2, 0) is 0 Å². The molecule has 0 saturated heterocycles. The Morgan fingerprint density at radius 2 is 0.526 bits per heavy atom. The maximum atomic E-state index is 12.3. The molecule has 0 fully saturated rings. The van der Waals surface area contributed by atoms with Crippen LogP contribution in [0, 0.1) is 50.4 Å². The van der Waals surface area contributed by atoms with Crippen LogP contribution in [0.5, 0.6) is 0 Å². The molecule has 0 saturated carbocycles. The van der Waals surface area contributed by atoms with E-state index in [2.05, 4.69) is 267 Å². The predicted molar refractivity (Wildman–Crippen MR) is 316 cm³/mol. The second kappa shape index (κ2) is 18.5. The van der Waals surface area contributed by atoms with Crippen molar-refractivity contribution in [2.75, 3.05) is 0 Å². The highest BCUT2D eigenvalue weighted by Crippen LogP contribution is 2.50. The molecule has 0 spiro atoms. The summed E-state index contributed by atoms with van der Waals surface area (Å²) in [6.45, 7) is 8.48. The summed E-state index contributed by atoms with van der Waals surface area (Å²) in [4.78, 5) is 0. The molecule has 0 amide bonds. The lowest BCUT2D eigenvalue weighted by Crippen LogP contribution is -2.11. The van der Waals surface area contributed by atoms with Crippen LogP contribution in [-0.4, -0.2) is 9.13 Å². The molecule has 76 heavy (non-hydrogen) atoms. The summed E-state index contributed by atoms with van der Waals surface area (Å²) in [6, 6.07) is 87.5. The number of fused-ring (bicyclic) bond motifs is 6. The topological polar surface area (TPSA) is 57.4 Å². The van der Waals surface area contributed by atoms with Gasteiger partial charge in [-0.05, 0) is 132 Å². The second-order valence-corrected chi connectivity index (χ2v) is 20.2. The fraction of sp³-hybridized carbons (Fsp3) is 0.0556. The van der Waals surface area contributed by atoms with E-state index in [1.165, 1.54) is 0 Å². The largest absolute Gasteiger partial charge is 0.308 e. The fourth-order valence-corrected chi connectivity index (χ4v) is 12.0. The number of benzene rings is 11. The summed E-state index contributed by atoms with van der Waals surface area (Å²) in [5.74, 6) is 0. The zero-order chi connectivity index (χ0) is 51.6. The highest BCUT2D eigenvalue weighted by atomic mass is 15.0. The van der Waals surface area contributed by atoms with Crippen LogP contribution in [0.3, 0.4) is 0 Å². The van der Waals surface area contributed by atoms with Crippen LogP contribution >= 0.6 is 0 Å². The van der Waals surface area contributed by atoms with Crippen molar-refractivity contribution >= 4 is 43.6 Å². The Morgan fingerprint density at radius 3 is 0.789 bits per heavy atom. The van der Waals surface area contributed by atoms with Crippen LogP contribution < -0.4 is 0 Å². The summed E-state index contributed by atoms with van der Waals surface area (Å²) in [6.07, 6.45) is 0. The predicted octanol–water partition coefficient (Wildman–Crippen LogP) is 18.9. The molecule has 11 aromatic carbocycles. The molecule has 0 radical (unpaired) electrons. The van der Waals surface area contributed by atoms with Crippen LogP contribution in [0.25, 0.3) is 122 Å². The van der Waals surface area contributed by atoms with Gasteiger partial charge in [-0.2, -0.15) is 10.5 Å². The highest BCUT2D eigenvalue weighted by molar-refractivity contribution is 6.15. The number of hydrogen-bond donors (Lipinski definition) is 0. The molecule has 0 atom stereocenters. The van der Waals surface area contributed by atoms with Gasteiger partial charge in [0.05, 0.1) is 44.6 Å². The van der Waals surface area contributed by atoms with Crippen molar-refractivity contribution in [3.8, 4) is 90.3 Å². The van der Waals surface area contributed by atoms with Crippen molar-refractivity contribution in [3.63, 3.8) is 0 Å². The van der Waals surface area contributed by atoms with Gasteiger partial charge in [-0.15, -0.1) is 0 Å². The first-order chi connectivity index (χ1) is 37.2. The van der Waals surface area contributed by atoms with Crippen LogP contribution in [0.2, 0.25) is 0 Å². The molecule has 13 rings (SSSR count). The average Bonchev–Trinajstić information content (AvgIpc) is 4.15. The summed E-state index contributed by atoms with van der Waals surface area (Å²) < 4.78 is 4.56. The standard InChI is InChI=1S/C72H50N4/c1-45-33-46(2)36-57(35-45)69-63(43-73)71(75-65-29-25-53(49-17-9-5-10-18-49)39-59(65)60-40-54(26-30-66(60)75)50-19-11-6-12-20-50)64(44-74)70(58-37-47(3)34-48(4)38-58)72(69)76-67-31-27-55(51-21-13-7-14-22-51)41-61(67)62-42-56(28-32-68(62)76)52-23-15-8-16-24-52/h5-42H,1-4H3. The van der Waals surface area contributed by atoms with Gasteiger partial charge in [-0.1, -0.05) is 204 Å². The third-order valence-corrected chi connectivity index (χ3v) is 15.1. The van der Waals surface area contributed by atoms with Crippen molar-refractivity contribution in [1.82, 2.24) is 9.13 Å².